The molecule has 0 aliphatic rings. The van der Waals surface area contributed by atoms with E-state index in [2.05, 4.69) is 37.7 Å². The predicted octanol–water partition coefficient (Wildman–Crippen LogP) is 5.11. The lowest BCUT2D eigenvalue weighted by Gasteiger charge is -2.19. The van der Waals surface area contributed by atoms with Gasteiger partial charge >= 0.3 is 0 Å². The van der Waals surface area contributed by atoms with E-state index in [9.17, 15) is 0 Å². The van der Waals surface area contributed by atoms with Gasteiger partial charge in [-0.25, -0.2) is 4.85 Å². The summed E-state index contributed by atoms with van der Waals surface area (Å²) in [6, 6.07) is 15.7. The summed E-state index contributed by atoms with van der Waals surface area (Å²) in [5, 5.41) is 0. The number of hydrogen-bond donors (Lipinski definition) is 0. The zero-order valence-corrected chi connectivity index (χ0v) is 12.2. The number of rotatable bonds is 3. The summed E-state index contributed by atoms with van der Waals surface area (Å²) in [7, 11) is 0. The van der Waals surface area contributed by atoms with Crippen molar-refractivity contribution in [2.45, 2.75) is 32.8 Å². The molecule has 2 rings (SSSR count). The van der Waals surface area contributed by atoms with E-state index >= 15 is 0 Å². The van der Waals surface area contributed by atoms with Crippen molar-refractivity contribution in [3.63, 3.8) is 0 Å². The second-order valence-electron chi connectivity index (χ2n) is 5.80. The molecule has 0 atom stereocenters. The third-order valence-electron chi connectivity index (χ3n) is 3.23. The Balaban J connectivity index is 2.07. The first-order chi connectivity index (χ1) is 9.50. The summed E-state index contributed by atoms with van der Waals surface area (Å²) in [5.74, 6) is 0.831. The zero-order valence-electron chi connectivity index (χ0n) is 12.2. The summed E-state index contributed by atoms with van der Waals surface area (Å²) >= 11 is 0. The van der Waals surface area contributed by atoms with Gasteiger partial charge in [-0.15, -0.1) is 0 Å². The second kappa shape index (κ2) is 5.79. The van der Waals surface area contributed by atoms with Crippen molar-refractivity contribution in [2.24, 2.45) is 0 Å². The van der Waals surface area contributed by atoms with Crippen molar-refractivity contribution in [1.82, 2.24) is 0 Å². The molecule has 0 radical (unpaired) electrons. The summed E-state index contributed by atoms with van der Waals surface area (Å²) in [6.07, 6.45) is 0. The molecule has 0 unspecified atom stereocenters. The van der Waals surface area contributed by atoms with E-state index in [0.717, 1.165) is 11.3 Å². The second-order valence-corrected chi connectivity index (χ2v) is 5.80. The Bertz CT molecular complexity index is 615. The van der Waals surface area contributed by atoms with Gasteiger partial charge in [0.25, 0.3) is 0 Å². The maximum atomic E-state index is 7.13. The van der Waals surface area contributed by atoms with Crippen molar-refractivity contribution < 1.29 is 4.74 Å². The number of ether oxygens (including phenoxy) is 1. The van der Waals surface area contributed by atoms with Gasteiger partial charge in [-0.2, -0.15) is 0 Å². The van der Waals surface area contributed by atoms with Crippen molar-refractivity contribution >= 4 is 5.69 Å². The van der Waals surface area contributed by atoms with Crippen LogP contribution in [0.5, 0.6) is 5.75 Å². The normalized spacial score (nSPS) is 10.9. The number of benzene rings is 2. The maximum Gasteiger partial charge on any atom is 0.193 e. The van der Waals surface area contributed by atoms with Crippen LogP contribution in [0, 0.1) is 6.57 Å². The highest BCUT2D eigenvalue weighted by molar-refractivity contribution is 5.51. The molecule has 0 bridgehead atoms. The predicted molar refractivity (Wildman–Crippen MR) is 82.2 cm³/mol. The van der Waals surface area contributed by atoms with Crippen LogP contribution in [-0.2, 0) is 12.0 Å². The molecular formula is C18H19NO. The van der Waals surface area contributed by atoms with Gasteiger partial charge in [0.1, 0.15) is 12.4 Å². The molecule has 0 amide bonds. The fraction of sp³-hybridized carbons (Fsp3) is 0.278. The Morgan fingerprint density at radius 2 is 1.65 bits per heavy atom. The number of para-hydroxylation sites is 1. The Hall–Kier alpha value is -2.27. The quantitative estimate of drug-likeness (QED) is 0.703. The van der Waals surface area contributed by atoms with E-state index in [-0.39, 0.29) is 5.41 Å². The van der Waals surface area contributed by atoms with E-state index in [4.69, 9.17) is 11.3 Å². The molecule has 0 aliphatic heterocycles. The fourth-order valence-electron chi connectivity index (χ4n) is 1.95. The molecule has 0 heterocycles. The van der Waals surface area contributed by atoms with Crippen LogP contribution in [0.3, 0.4) is 0 Å². The highest BCUT2D eigenvalue weighted by Crippen LogP contribution is 2.25. The topological polar surface area (TPSA) is 13.6 Å². The zero-order chi connectivity index (χ0) is 14.6. The van der Waals surface area contributed by atoms with Crippen LogP contribution in [-0.4, -0.2) is 0 Å². The van der Waals surface area contributed by atoms with Gasteiger partial charge in [-0.1, -0.05) is 57.2 Å². The lowest BCUT2D eigenvalue weighted by molar-refractivity contribution is 0.307. The van der Waals surface area contributed by atoms with E-state index in [1.807, 2.05) is 36.4 Å². The Kier molecular flexibility index (Phi) is 4.10. The third-order valence-corrected chi connectivity index (χ3v) is 3.23. The summed E-state index contributed by atoms with van der Waals surface area (Å²) in [4.78, 5) is 3.50. The highest BCUT2D eigenvalue weighted by Gasteiger charge is 2.13. The van der Waals surface area contributed by atoms with Crippen molar-refractivity contribution in [3.8, 4) is 5.75 Å². The summed E-state index contributed by atoms with van der Waals surface area (Å²) < 4.78 is 5.76. The molecule has 0 fully saturated rings. The number of hydrogen-bond acceptors (Lipinski definition) is 1. The lowest BCUT2D eigenvalue weighted by atomic mass is 9.87. The fourth-order valence-corrected chi connectivity index (χ4v) is 1.95. The first-order valence-electron chi connectivity index (χ1n) is 6.69. The molecule has 0 aromatic heterocycles. The monoisotopic (exact) mass is 265 g/mol. The smallest absolute Gasteiger partial charge is 0.193 e. The van der Waals surface area contributed by atoms with Crippen LogP contribution >= 0.6 is 0 Å². The van der Waals surface area contributed by atoms with Crippen LogP contribution in [0.4, 0.5) is 5.69 Å². The largest absolute Gasteiger partial charge is 0.490 e. The first-order valence-corrected chi connectivity index (χ1v) is 6.69. The molecule has 2 aromatic carbocycles. The standard InChI is InChI=1S/C18H19NO/c1-18(2,3)15-9-11-16(12-10-15)20-13-14-7-5-6-8-17(14)19-4/h5-12H,13H2,1-3H3. The average Bonchev–Trinajstić information content (AvgIpc) is 2.45. The number of nitrogens with zero attached hydrogens (tertiary/aromatic N) is 1. The van der Waals surface area contributed by atoms with Gasteiger partial charge in [-0.3, -0.25) is 0 Å². The molecular weight excluding hydrogens is 246 g/mol. The van der Waals surface area contributed by atoms with Crippen LogP contribution in [0.15, 0.2) is 48.5 Å². The highest BCUT2D eigenvalue weighted by atomic mass is 16.5. The SMILES string of the molecule is [C-]#[N+]c1ccccc1COc1ccc(C(C)(C)C)cc1. The minimum absolute atomic E-state index is 0.148. The van der Waals surface area contributed by atoms with Gasteiger partial charge in [0.05, 0.1) is 6.57 Å². The average molecular weight is 265 g/mol. The molecule has 102 valence electrons. The van der Waals surface area contributed by atoms with E-state index in [1.165, 1.54) is 5.56 Å². The van der Waals surface area contributed by atoms with Gasteiger partial charge < -0.3 is 4.74 Å². The Morgan fingerprint density at radius 3 is 2.25 bits per heavy atom. The maximum absolute atomic E-state index is 7.13. The van der Waals surface area contributed by atoms with Crippen LogP contribution in [0.2, 0.25) is 0 Å². The Labute approximate surface area is 120 Å². The molecule has 2 heteroatoms. The molecule has 2 nitrogen and oxygen atoms in total. The third kappa shape index (κ3) is 3.39. The molecule has 0 N–H and O–H groups in total. The van der Waals surface area contributed by atoms with E-state index < -0.39 is 0 Å². The minimum Gasteiger partial charge on any atom is -0.490 e. The van der Waals surface area contributed by atoms with Gasteiger partial charge in [0.15, 0.2) is 5.69 Å². The Morgan fingerprint density at radius 1 is 1.00 bits per heavy atom. The summed E-state index contributed by atoms with van der Waals surface area (Å²) in [5.41, 5.74) is 3.00. The molecule has 0 spiro atoms. The van der Waals surface area contributed by atoms with E-state index in [0.29, 0.717) is 12.3 Å². The van der Waals surface area contributed by atoms with Crippen molar-refractivity contribution in [2.75, 3.05) is 0 Å². The lowest BCUT2D eigenvalue weighted by Crippen LogP contribution is -2.10. The molecule has 0 saturated carbocycles. The molecule has 2 aromatic rings. The van der Waals surface area contributed by atoms with Gasteiger partial charge in [-0.05, 0) is 28.7 Å². The summed E-state index contributed by atoms with van der Waals surface area (Å²) in [6.45, 7) is 14.1. The van der Waals surface area contributed by atoms with Crippen molar-refractivity contribution in [3.05, 3.63) is 71.1 Å². The molecule has 20 heavy (non-hydrogen) atoms. The van der Waals surface area contributed by atoms with Crippen molar-refractivity contribution in [1.29, 1.82) is 0 Å². The van der Waals surface area contributed by atoms with Crippen LogP contribution in [0.1, 0.15) is 31.9 Å². The first kappa shape index (κ1) is 14.1. The van der Waals surface area contributed by atoms with Gasteiger partial charge in [0, 0.05) is 0 Å². The molecule has 0 aliphatic carbocycles. The van der Waals surface area contributed by atoms with Crippen LogP contribution in [0.25, 0.3) is 4.85 Å². The van der Waals surface area contributed by atoms with E-state index in [1.54, 1.807) is 0 Å². The van der Waals surface area contributed by atoms with Gasteiger partial charge in [0.2, 0.25) is 0 Å². The minimum atomic E-state index is 0.148. The van der Waals surface area contributed by atoms with Crippen LogP contribution < -0.4 is 4.74 Å². The molecule has 0 saturated heterocycles.